The third-order valence-electron chi connectivity index (χ3n) is 5.44. The lowest BCUT2D eigenvalue weighted by Crippen LogP contribution is -2.30. The van der Waals surface area contributed by atoms with Crippen molar-refractivity contribution in [3.8, 4) is 0 Å². The van der Waals surface area contributed by atoms with Crippen molar-refractivity contribution >= 4 is 21.9 Å². The molecule has 0 aliphatic heterocycles. The predicted octanol–water partition coefficient (Wildman–Crippen LogP) is 3.22. The van der Waals surface area contributed by atoms with E-state index in [1.165, 1.54) is 12.1 Å². The summed E-state index contributed by atoms with van der Waals surface area (Å²) >= 11 is 0. The Kier molecular flexibility index (Phi) is 7.44. The number of amides is 1. The van der Waals surface area contributed by atoms with Gasteiger partial charge in [0.25, 0.3) is 15.9 Å². The van der Waals surface area contributed by atoms with Crippen LogP contribution in [-0.4, -0.2) is 39.5 Å². The molecule has 1 aromatic heterocycles. The maximum absolute atomic E-state index is 12.2. The third-order valence-corrected chi connectivity index (χ3v) is 6.83. The van der Waals surface area contributed by atoms with Crippen LogP contribution in [-0.2, 0) is 19.6 Å². The monoisotopic (exact) mass is 482 g/mol. The Morgan fingerprint density at radius 1 is 0.941 bits per heavy atom. The Labute approximate surface area is 198 Å². The molecule has 0 radical (unpaired) electrons. The van der Waals surface area contributed by atoms with Crippen LogP contribution in [0.3, 0.4) is 0 Å². The van der Waals surface area contributed by atoms with E-state index >= 15 is 0 Å². The number of furan rings is 1. The van der Waals surface area contributed by atoms with Gasteiger partial charge in [0.1, 0.15) is 0 Å². The molecule has 2 aromatic carbocycles. The first kappa shape index (κ1) is 23.7. The minimum Gasteiger partial charge on any atom is -0.450 e. The zero-order valence-corrected chi connectivity index (χ0v) is 19.3. The zero-order chi connectivity index (χ0) is 24.0. The van der Waals surface area contributed by atoms with Gasteiger partial charge in [0.15, 0.2) is 6.61 Å². The van der Waals surface area contributed by atoms with Gasteiger partial charge < -0.3 is 14.5 Å². The average Bonchev–Trinajstić information content (AvgIpc) is 3.49. The second-order valence-electron chi connectivity index (χ2n) is 8.10. The third kappa shape index (κ3) is 6.33. The molecule has 34 heavy (non-hydrogen) atoms. The fourth-order valence-electron chi connectivity index (χ4n) is 3.56. The van der Waals surface area contributed by atoms with E-state index in [4.69, 9.17) is 9.15 Å². The number of carbonyl (C=O) groups is 2. The quantitative estimate of drug-likeness (QED) is 0.406. The number of sulfonamides is 1. The summed E-state index contributed by atoms with van der Waals surface area (Å²) in [6, 6.07) is 22.4. The summed E-state index contributed by atoms with van der Waals surface area (Å²) in [4.78, 5) is 24.4. The highest BCUT2D eigenvalue weighted by molar-refractivity contribution is 7.89. The number of benzene rings is 2. The molecule has 1 amide bonds. The molecule has 0 spiro atoms. The number of esters is 1. The lowest BCUT2D eigenvalue weighted by molar-refractivity contribution is -0.124. The molecule has 1 saturated carbocycles. The van der Waals surface area contributed by atoms with Crippen molar-refractivity contribution in [2.24, 2.45) is 0 Å². The SMILES string of the molecule is O=C(COC(=O)c1ccc(S(=O)(=O)NC2CC2)o1)NCCC(c1ccccc1)c1ccccc1. The standard InChI is InChI=1S/C25H26N2O6S/c28-23(17-32-25(29)22-13-14-24(33-22)34(30,31)27-20-11-12-20)26-16-15-21(18-7-3-1-4-8-18)19-9-5-2-6-10-19/h1-10,13-14,20-21,27H,11-12,15-17H2,(H,26,28). The smallest absolute Gasteiger partial charge is 0.374 e. The fourth-order valence-corrected chi connectivity index (χ4v) is 4.80. The topological polar surface area (TPSA) is 115 Å². The number of hydrogen-bond donors (Lipinski definition) is 2. The molecule has 0 unspecified atom stereocenters. The van der Waals surface area contributed by atoms with Crippen molar-refractivity contribution in [2.75, 3.05) is 13.2 Å². The Balaban J connectivity index is 1.26. The van der Waals surface area contributed by atoms with E-state index in [0.717, 1.165) is 24.0 Å². The molecule has 1 fully saturated rings. The second-order valence-corrected chi connectivity index (χ2v) is 9.75. The van der Waals surface area contributed by atoms with Crippen molar-refractivity contribution in [1.29, 1.82) is 0 Å². The van der Waals surface area contributed by atoms with Gasteiger partial charge in [0, 0.05) is 18.5 Å². The molecule has 9 heteroatoms. The number of nitrogens with one attached hydrogen (secondary N) is 2. The van der Waals surface area contributed by atoms with Gasteiger partial charge >= 0.3 is 5.97 Å². The van der Waals surface area contributed by atoms with Gasteiger partial charge in [-0.3, -0.25) is 4.79 Å². The Bertz CT molecular complexity index is 1180. The van der Waals surface area contributed by atoms with E-state index in [9.17, 15) is 18.0 Å². The van der Waals surface area contributed by atoms with Crippen molar-refractivity contribution in [3.05, 3.63) is 89.7 Å². The zero-order valence-electron chi connectivity index (χ0n) is 18.5. The van der Waals surface area contributed by atoms with E-state index in [1.54, 1.807) is 0 Å². The summed E-state index contributed by atoms with van der Waals surface area (Å²) in [7, 11) is -3.81. The number of rotatable bonds is 11. The summed E-state index contributed by atoms with van der Waals surface area (Å²) in [5, 5.41) is 2.41. The van der Waals surface area contributed by atoms with Crippen LogP contribution < -0.4 is 10.0 Å². The highest BCUT2D eigenvalue weighted by Crippen LogP contribution is 2.27. The van der Waals surface area contributed by atoms with Crippen molar-refractivity contribution in [3.63, 3.8) is 0 Å². The molecular formula is C25H26N2O6S. The van der Waals surface area contributed by atoms with Crippen LogP contribution in [0.5, 0.6) is 0 Å². The predicted molar refractivity (Wildman–Crippen MR) is 125 cm³/mol. The summed E-state index contributed by atoms with van der Waals surface area (Å²) in [6.45, 7) is -0.107. The summed E-state index contributed by atoms with van der Waals surface area (Å²) < 4.78 is 36.9. The Morgan fingerprint density at radius 3 is 2.15 bits per heavy atom. The van der Waals surface area contributed by atoms with Crippen LogP contribution in [0, 0.1) is 0 Å². The van der Waals surface area contributed by atoms with Crippen LogP contribution in [0.15, 0.2) is 82.3 Å². The fraction of sp³-hybridized carbons (Fsp3) is 0.280. The van der Waals surface area contributed by atoms with Crippen LogP contribution in [0.4, 0.5) is 0 Å². The lowest BCUT2D eigenvalue weighted by atomic mass is 9.88. The van der Waals surface area contributed by atoms with E-state index in [2.05, 4.69) is 34.3 Å². The maximum Gasteiger partial charge on any atom is 0.374 e. The van der Waals surface area contributed by atoms with Gasteiger partial charge in [-0.05, 0) is 42.5 Å². The molecule has 0 bridgehead atoms. The molecule has 1 aliphatic rings. The normalized spacial score (nSPS) is 13.6. The Hall–Kier alpha value is -3.43. The van der Waals surface area contributed by atoms with E-state index in [-0.39, 0.29) is 22.8 Å². The van der Waals surface area contributed by atoms with Crippen molar-refractivity contribution in [1.82, 2.24) is 10.0 Å². The molecular weight excluding hydrogens is 456 g/mol. The average molecular weight is 483 g/mol. The summed E-state index contributed by atoms with van der Waals surface area (Å²) in [5.74, 6) is -1.53. The van der Waals surface area contributed by atoms with E-state index in [0.29, 0.717) is 13.0 Å². The number of ether oxygens (including phenoxy) is 1. The lowest BCUT2D eigenvalue weighted by Gasteiger charge is -2.18. The summed E-state index contributed by atoms with van der Waals surface area (Å²) in [6.07, 6.45) is 2.23. The van der Waals surface area contributed by atoms with E-state index < -0.39 is 28.5 Å². The minimum absolute atomic E-state index is 0.0856. The maximum atomic E-state index is 12.2. The first-order chi connectivity index (χ1) is 16.4. The first-order valence-corrected chi connectivity index (χ1v) is 12.6. The first-order valence-electron chi connectivity index (χ1n) is 11.1. The molecule has 178 valence electrons. The molecule has 1 aliphatic carbocycles. The highest BCUT2D eigenvalue weighted by atomic mass is 32.2. The Morgan fingerprint density at radius 2 is 1.56 bits per heavy atom. The highest BCUT2D eigenvalue weighted by Gasteiger charge is 2.30. The second kappa shape index (κ2) is 10.7. The van der Waals surface area contributed by atoms with Gasteiger partial charge in [0.05, 0.1) is 0 Å². The van der Waals surface area contributed by atoms with Crippen LogP contribution in [0.2, 0.25) is 0 Å². The van der Waals surface area contributed by atoms with E-state index in [1.807, 2.05) is 36.4 Å². The van der Waals surface area contributed by atoms with Gasteiger partial charge in [0.2, 0.25) is 10.9 Å². The van der Waals surface area contributed by atoms with Gasteiger partial charge in [-0.1, -0.05) is 60.7 Å². The van der Waals surface area contributed by atoms with Crippen LogP contribution in [0.1, 0.15) is 46.9 Å². The van der Waals surface area contributed by atoms with Crippen LogP contribution >= 0.6 is 0 Å². The molecule has 1 heterocycles. The van der Waals surface area contributed by atoms with Crippen molar-refractivity contribution < 1.29 is 27.2 Å². The van der Waals surface area contributed by atoms with Gasteiger partial charge in [-0.2, -0.15) is 0 Å². The number of carbonyl (C=O) groups excluding carboxylic acids is 2. The largest absolute Gasteiger partial charge is 0.450 e. The molecule has 4 rings (SSSR count). The van der Waals surface area contributed by atoms with Gasteiger partial charge in [-0.15, -0.1) is 0 Å². The molecule has 0 atom stereocenters. The summed E-state index contributed by atoms with van der Waals surface area (Å²) in [5.41, 5.74) is 2.29. The number of hydrogen-bond acceptors (Lipinski definition) is 6. The van der Waals surface area contributed by atoms with Crippen LogP contribution in [0.25, 0.3) is 0 Å². The minimum atomic E-state index is -3.81. The van der Waals surface area contributed by atoms with Gasteiger partial charge in [-0.25, -0.2) is 17.9 Å². The molecule has 3 aromatic rings. The van der Waals surface area contributed by atoms with Crippen molar-refractivity contribution in [2.45, 2.75) is 36.3 Å². The molecule has 8 nitrogen and oxygen atoms in total. The molecule has 0 saturated heterocycles. The molecule has 2 N–H and O–H groups in total.